The van der Waals surface area contributed by atoms with Crippen molar-refractivity contribution in [2.45, 2.75) is 97.9 Å². The second kappa shape index (κ2) is 16.5. The number of aromatic nitrogens is 3. The summed E-state index contributed by atoms with van der Waals surface area (Å²) in [5, 5.41) is 3.14. The van der Waals surface area contributed by atoms with E-state index in [1.54, 1.807) is 18.7 Å². The highest BCUT2D eigenvalue weighted by molar-refractivity contribution is 5.94. The topological polar surface area (TPSA) is 63.1 Å². The van der Waals surface area contributed by atoms with E-state index in [2.05, 4.69) is 41.1 Å². The van der Waals surface area contributed by atoms with Crippen LogP contribution in [0.15, 0.2) is 37.1 Å². The largest absolute Gasteiger partial charge is 0.349 e. The molecule has 0 spiro atoms. The minimum atomic E-state index is -0.0292. The van der Waals surface area contributed by atoms with Crippen LogP contribution in [-0.2, 0) is 0 Å². The lowest BCUT2D eigenvalue weighted by molar-refractivity contribution is 0.0910. The summed E-state index contributed by atoms with van der Waals surface area (Å²) in [7, 11) is 2.26. The van der Waals surface area contributed by atoms with Crippen LogP contribution in [0.25, 0.3) is 5.82 Å². The zero-order valence-electron chi connectivity index (χ0n) is 22.9. The number of pyridine rings is 1. The van der Waals surface area contributed by atoms with Crippen molar-refractivity contribution in [3.05, 3.63) is 42.6 Å². The van der Waals surface area contributed by atoms with E-state index in [0.717, 1.165) is 18.2 Å². The third-order valence-corrected chi connectivity index (χ3v) is 7.14. The Bertz CT molecular complexity index is 805. The van der Waals surface area contributed by atoms with Gasteiger partial charge in [0, 0.05) is 31.2 Å². The molecule has 2 aliphatic rings. The molecule has 1 N–H and O–H groups in total. The molecule has 6 nitrogen and oxygen atoms in total. The first-order valence-electron chi connectivity index (χ1n) is 14.0. The van der Waals surface area contributed by atoms with E-state index >= 15 is 0 Å². The molecule has 2 aromatic heterocycles. The maximum absolute atomic E-state index is 12.3. The molecule has 196 valence electrons. The molecule has 0 bridgehead atoms. The van der Waals surface area contributed by atoms with Crippen LogP contribution in [0.1, 0.15) is 102 Å². The quantitative estimate of drug-likeness (QED) is 0.456. The molecule has 1 aliphatic heterocycles. The van der Waals surface area contributed by atoms with Crippen LogP contribution in [0.2, 0.25) is 0 Å². The lowest BCUT2D eigenvalue weighted by atomic mass is 9.86. The summed E-state index contributed by atoms with van der Waals surface area (Å²) in [5.41, 5.74) is 0.608. The minimum absolute atomic E-state index is 0.0292. The monoisotopic (exact) mass is 483 g/mol. The van der Waals surface area contributed by atoms with Gasteiger partial charge in [0.2, 0.25) is 0 Å². The first-order chi connectivity index (χ1) is 17.1. The van der Waals surface area contributed by atoms with Crippen LogP contribution in [0.3, 0.4) is 0 Å². The van der Waals surface area contributed by atoms with Crippen LogP contribution in [0.4, 0.5) is 0 Å². The normalized spacial score (nSPS) is 22.3. The smallest absolute Gasteiger partial charge is 0.253 e. The summed E-state index contributed by atoms with van der Waals surface area (Å²) < 4.78 is 1.81. The van der Waals surface area contributed by atoms with Crippen LogP contribution in [0, 0.1) is 11.8 Å². The van der Waals surface area contributed by atoms with Gasteiger partial charge in [0.15, 0.2) is 0 Å². The van der Waals surface area contributed by atoms with Crippen LogP contribution in [0.5, 0.6) is 0 Å². The number of nitrogens with zero attached hydrogens (tertiary/aromatic N) is 4. The number of carbonyl (C=O) groups is 1. The molecular weight excluding hydrogens is 434 g/mol. The highest BCUT2D eigenvalue weighted by Gasteiger charge is 2.23. The molecule has 3 atom stereocenters. The van der Waals surface area contributed by atoms with E-state index in [1.807, 2.05) is 36.7 Å². The predicted molar refractivity (Wildman–Crippen MR) is 146 cm³/mol. The molecule has 2 aromatic rings. The van der Waals surface area contributed by atoms with E-state index in [-0.39, 0.29) is 5.91 Å². The fourth-order valence-electron chi connectivity index (χ4n) is 5.04. The zero-order chi connectivity index (χ0) is 25.5. The maximum Gasteiger partial charge on any atom is 0.253 e. The van der Waals surface area contributed by atoms with Crippen molar-refractivity contribution < 1.29 is 4.79 Å². The standard InChI is InChI=1S/C16H20N4O.C11H23N.C2H6/c1-12-4-2-3-5-14(12)19-16(21)13-6-7-15(18-10-13)20-9-8-17-11-20;1-3-4-5-7-11-8-6-9-12(2)10-11;1-2/h6-12,14H,2-5H2,1H3,(H,19,21);11H,3-10H2,1-2H3;1-2H3/t;11-;/m.0./s1. The Balaban J connectivity index is 0.000000263. The second-order valence-electron chi connectivity index (χ2n) is 9.98. The molecule has 2 fully saturated rings. The van der Waals surface area contributed by atoms with Crippen LogP contribution < -0.4 is 5.32 Å². The molecule has 6 heteroatoms. The van der Waals surface area contributed by atoms with Crippen LogP contribution in [-0.4, -0.2) is 51.5 Å². The summed E-state index contributed by atoms with van der Waals surface area (Å²) in [4.78, 5) is 23.1. The Hall–Kier alpha value is -2.21. The lowest BCUT2D eigenvalue weighted by Gasteiger charge is -2.29. The van der Waals surface area contributed by atoms with Gasteiger partial charge >= 0.3 is 0 Å². The molecule has 2 unspecified atom stereocenters. The summed E-state index contributed by atoms with van der Waals surface area (Å²) in [6, 6.07) is 3.94. The third-order valence-electron chi connectivity index (χ3n) is 7.14. The fourth-order valence-corrected chi connectivity index (χ4v) is 5.04. The number of unbranched alkanes of at least 4 members (excludes halogenated alkanes) is 2. The summed E-state index contributed by atoms with van der Waals surface area (Å²) in [6.45, 7) is 11.2. The molecule has 0 radical (unpaired) electrons. The molecule has 1 aliphatic carbocycles. The molecule has 0 aromatic carbocycles. The number of likely N-dealkylation sites (tertiary alicyclic amines) is 1. The molecule has 3 heterocycles. The van der Waals surface area contributed by atoms with Gasteiger partial charge < -0.3 is 10.2 Å². The Kier molecular flexibility index (Phi) is 13.6. The van der Waals surface area contributed by atoms with Gasteiger partial charge in [-0.25, -0.2) is 9.97 Å². The maximum atomic E-state index is 12.3. The number of amides is 1. The fraction of sp³-hybridized carbons (Fsp3) is 0.690. The van der Waals surface area contributed by atoms with Gasteiger partial charge in [-0.1, -0.05) is 59.8 Å². The number of piperidine rings is 1. The highest BCUT2D eigenvalue weighted by Crippen LogP contribution is 2.24. The highest BCUT2D eigenvalue weighted by atomic mass is 16.1. The zero-order valence-corrected chi connectivity index (χ0v) is 22.9. The number of hydrogen-bond donors (Lipinski definition) is 1. The average Bonchev–Trinajstić information content (AvgIpc) is 3.43. The van der Waals surface area contributed by atoms with Gasteiger partial charge in [-0.05, 0) is 69.7 Å². The van der Waals surface area contributed by atoms with Gasteiger partial charge in [-0.3, -0.25) is 9.36 Å². The van der Waals surface area contributed by atoms with Crippen molar-refractivity contribution in [2.75, 3.05) is 20.1 Å². The molecule has 35 heavy (non-hydrogen) atoms. The Morgan fingerprint density at radius 1 is 1.11 bits per heavy atom. The summed E-state index contributed by atoms with van der Waals surface area (Å²) >= 11 is 0. The van der Waals surface area contributed by atoms with Gasteiger partial charge in [-0.15, -0.1) is 0 Å². The number of imidazole rings is 1. The lowest BCUT2D eigenvalue weighted by Crippen LogP contribution is -2.41. The van der Waals surface area contributed by atoms with Gasteiger partial charge in [0.05, 0.1) is 5.56 Å². The molecular formula is C29H49N5O. The van der Waals surface area contributed by atoms with Gasteiger partial charge in [0.25, 0.3) is 5.91 Å². The Labute approximate surface area is 213 Å². The van der Waals surface area contributed by atoms with Gasteiger partial charge in [0.1, 0.15) is 12.1 Å². The third kappa shape index (κ3) is 10.1. The summed E-state index contributed by atoms with van der Waals surface area (Å²) in [6.07, 6.45) is 20.2. The number of hydrogen-bond acceptors (Lipinski definition) is 4. The Morgan fingerprint density at radius 2 is 1.91 bits per heavy atom. The number of rotatable bonds is 7. The first kappa shape index (κ1) is 29.0. The SMILES string of the molecule is CC.CC1CCCCC1NC(=O)c1ccc(-n2ccnc2)nc1.CCCCC[C@H]1CCCN(C)C1. The predicted octanol–water partition coefficient (Wildman–Crippen LogP) is 6.51. The van der Waals surface area contributed by atoms with Crippen molar-refractivity contribution in [1.29, 1.82) is 0 Å². The van der Waals surface area contributed by atoms with E-state index in [9.17, 15) is 4.79 Å². The van der Waals surface area contributed by atoms with Crippen molar-refractivity contribution in [3.63, 3.8) is 0 Å². The van der Waals surface area contributed by atoms with Gasteiger partial charge in [-0.2, -0.15) is 0 Å². The minimum Gasteiger partial charge on any atom is -0.349 e. The van der Waals surface area contributed by atoms with Crippen molar-refractivity contribution in [3.8, 4) is 5.82 Å². The van der Waals surface area contributed by atoms with E-state index in [4.69, 9.17) is 0 Å². The molecule has 1 saturated heterocycles. The second-order valence-corrected chi connectivity index (χ2v) is 9.98. The first-order valence-corrected chi connectivity index (χ1v) is 14.0. The van der Waals surface area contributed by atoms with E-state index < -0.39 is 0 Å². The molecule has 1 amide bonds. The van der Waals surface area contributed by atoms with E-state index in [1.165, 1.54) is 70.9 Å². The Morgan fingerprint density at radius 3 is 2.54 bits per heavy atom. The average molecular weight is 484 g/mol. The number of nitrogens with one attached hydrogen (secondary N) is 1. The van der Waals surface area contributed by atoms with Crippen LogP contribution >= 0.6 is 0 Å². The molecule has 1 saturated carbocycles. The summed E-state index contributed by atoms with van der Waals surface area (Å²) in [5.74, 6) is 2.30. The van der Waals surface area contributed by atoms with Crippen molar-refractivity contribution in [2.24, 2.45) is 11.8 Å². The van der Waals surface area contributed by atoms with E-state index in [0.29, 0.717) is 17.5 Å². The van der Waals surface area contributed by atoms with Crippen molar-refractivity contribution >= 4 is 5.91 Å². The van der Waals surface area contributed by atoms with Crippen molar-refractivity contribution in [1.82, 2.24) is 24.8 Å². The number of carbonyl (C=O) groups excluding carboxylic acids is 1. The molecule has 4 rings (SSSR count).